The zero-order valence-corrected chi connectivity index (χ0v) is 17.9. The van der Waals surface area contributed by atoms with E-state index in [0.717, 1.165) is 5.56 Å². The van der Waals surface area contributed by atoms with Crippen molar-refractivity contribution >= 4 is 23.9 Å². The van der Waals surface area contributed by atoms with Crippen LogP contribution in [0.15, 0.2) is 30.3 Å². The number of carbonyl (C=O) groups excluding carboxylic acids is 4. The minimum absolute atomic E-state index is 0.0237. The van der Waals surface area contributed by atoms with Gasteiger partial charge in [-0.3, -0.25) is 14.4 Å². The van der Waals surface area contributed by atoms with Crippen molar-refractivity contribution < 1.29 is 33.4 Å². The fourth-order valence-electron chi connectivity index (χ4n) is 2.33. The van der Waals surface area contributed by atoms with E-state index in [2.05, 4.69) is 10.6 Å². The summed E-state index contributed by atoms with van der Waals surface area (Å²) in [5, 5.41) is 4.81. The van der Waals surface area contributed by atoms with Gasteiger partial charge in [0.1, 0.15) is 24.8 Å². The zero-order valence-electron chi connectivity index (χ0n) is 17.9. The number of alkyl carbamates (subject to hydrolysis) is 1. The van der Waals surface area contributed by atoms with E-state index < -0.39 is 35.6 Å². The molecule has 9 nitrogen and oxygen atoms in total. The van der Waals surface area contributed by atoms with Crippen molar-refractivity contribution in [2.45, 2.75) is 58.8 Å². The molecule has 1 atom stereocenters. The Labute approximate surface area is 176 Å². The van der Waals surface area contributed by atoms with Crippen molar-refractivity contribution in [2.24, 2.45) is 0 Å². The molecule has 1 rings (SSSR count). The van der Waals surface area contributed by atoms with E-state index in [1.165, 1.54) is 0 Å². The van der Waals surface area contributed by atoms with E-state index in [-0.39, 0.29) is 32.6 Å². The van der Waals surface area contributed by atoms with Crippen molar-refractivity contribution in [2.75, 3.05) is 13.2 Å². The summed E-state index contributed by atoms with van der Waals surface area (Å²) in [7, 11) is 0. The highest BCUT2D eigenvalue weighted by atomic mass is 16.6. The molecule has 1 aromatic carbocycles. The highest BCUT2D eigenvalue weighted by molar-refractivity contribution is 5.88. The van der Waals surface area contributed by atoms with Gasteiger partial charge < -0.3 is 24.8 Å². The molecular formula is C21H30N2O7. The maximum Gasteiger partial charge on any atom is 0.408 e. The Morgan fingerprint density at radius 2 is 1.67 bits per heavy atom. The lowest BCUT2D eigenvalue weighted by molar-refractivity contribution is -0.155. The molecule has 0 bridgehead atoms. The largest absolute Gasteiger partial charge is 0.465 e. The summed E-state index contributed by atoms with van der Waals surface area (Å²) >= 11 is 0. The van der Waals surface area contributed by atoms with Crippen LogP contribution >= 0.6 is 0 Å². The third-order valence-corrected chi connectivity index (χ3v) is 3.59. The third-order valence-electron chi connectivity index (χ3n) is 3.59. The first kappa shape index (κ1) is 24.9. The third kappa shape index (κ3) is 11.0. The van der Waals surface area contributed by atoms with Crippen molar-refractivity contribution in [1.29, 1.82) is 0 Å². The standard InChI is InChI=1S/C21H30N2O7/c1-5-28-18(25)13-22-19(26)16(11-12-17(24)30-21(2,3)4)23-20(27)29-14-15-9-7-6-8-10-15/h6-10,16H,5,11-14H2,1-4H3,(H,22,26)(H,23,27). The second kappa shape index (κ2) is 12.5. The molecule has 0 saturated carbocycles. The first-order chi connectivity index (χ1) is 14.1. The molecule has 0 spiro atoms. The van der Waals surface area contributed by atoms with Gasteiger partial charge >= 0.3 is 18.0 Å². The summed E-state index contributed by atoms with van der Waals surface area (Å²) in [4.78, 5) is 48.0. The lowest BCUT2D eigenvalue weighted by Gasteiger charge is -2.21. The fraction of sp³-hybridized carbons (Fsp3) is 0.524. The van der Waals surface area contributed by atoms with E-state index in [0.29, 0.717) is 0 Å². The number of ether oxygens (including phenoxy) is 3. The number of hydrogen-bond acceptors (Lipinski definition) is 7. The molecule has 0 fully saturated rings. The van der Waals surface area contributed by atoms with Crippen LogP contribution in [0, 0.1) is 0 Å². The lowest BCUT2D eigenvalue weighted by atomic mass is 10.1. The topological polar surface area (TPSA) is 120 Å². The number of esters is 2. The van der Waals surface area contributed by atoms with Crippen LogP contribution in [-0.2, 0) is 35.2 Å². The predicted octanol–water partition coefficient (Wildman–Crippen LogP) is 2.08. The highest BCUT2D eigenvalue weighted by Gasteiger charge is 2.25. The van der Waals surface area contributed by atoms with E-state index in [1.807, 2.05) is 18.2 Å². The highest BCUT2D eigenvalue weighted by Crippen LogP contribution is 2.10. The molecule has 0 saturated heterocycles. The van der Waals surface area contributed by atoms with Crippen LogP contribution in [0.25, 0.3) is 0 Å². The Bertz CT molecular complexity index is 714. The molecule has 0 heterocycles. The summed E-state index contributed by atoms with van der Waals surface area (Å²) in [6, 6.07) is 7.95. The van der Waals surface area contributed by atoms with Gasteiger partial charge in [0.15, 0.2) is 0 Å². The van der Waals surface area contributed by atoms with Gasteiger partial charge in [-0.15, -0.1) is 0 Å². The van der Waals surface area contributed by atoms with Crippen LogP contribution in [0.4, 0.5) is 4.79 Å². The molecular weight excluding hydrogens is 392 g/mol. The molecule has 0 aliphatic heterocycles. The van der Waals surface area contributed by atoms with Gasteiger partial charge in [0.2, 0.25) is 5.91 Å². The van der Waals surface area contributed by atoms with E-state index in [4.69, 9.17) is 14.2 Å². The molecule has 0 radical (unpaired) electrons. The Hall–Kier alpha value is -3.10. The van der Waals surface area contributed by atoms with Gasteiger partial charge in [-0.05, 0) is 39.7 Å². The van der Waals surface area contributed by atoms with Gasteiger partial charge in [0.25, 0.3) is 0 Å². The molecule has 166 valence electrons. The Morgan fingerprint density at radius 1 is 1.00 bits per heavy atom. The van der Waals surface area contributed by atoms with Gasteiger partial charge in [0.05, 0.1) is 6.61 Å². The van der Waals surface area contributed by atoms with Crippen LogP contribution in [0.5, 0.6) is 0 Å². The van der Waals surface area contributed by atoms with Gasteiger partial charge in [0, 0.05) is 6.42 Å². The number of benzene rings is 1. The maximum atomic E-state index is 12.4. The molecule has 30 heavy (non-hydrogen) atoms. The Kier molecular flexibility index (Phi) is 10.4. The second-order valence-corrected chi connectivity index (χ2v) is 7.41. The van der Waals surface area contributed by atoms with Crippen molar-refractivity contribution in [3.8, 4) is 0 Å². The molecule has 0 aliphatic rings. The monoisotopic (exact) mass is 422 g/mol. The smallest absolute Gasteiger partial charge is 0.408 e. The SMILES string of the molecule is CCOC(=O)CNC(=O)C(CCC(=O)OC(C)(C)C)NC(=O)OCc1ccccc1. The molecule has 2 N–H and O–H groups in total. The molecule has 1 aromatic rings. The van der Waals surface area contributed by atoms with E-state index in [1.54, 1.807) is 39.8 Å². The molecule has 9 heteroatoms. The van der Waals surface area contributed by atoms with Crippen molar-refractivity contribution in [3.63, 3.8) is 0 Å². The summed E-state index contributed by atoms with van der Waals surface area (Å²) in [5.74, 6) is -1.75. The minimum atomic E-state index is -1.09. The number of amides is 2. The van der Waals surface area contributed by atoms with E-state index >= 15 is 0 Å². The first-order valence-corrected chi connectivity index (χ1v) is 9.73. The quantitative estimate of drug-likeness (QED) is 0.437. The van der Waals surface area contributed by atoms with Gasteiger partial charge in [-0.2, -0.15) is 0 Å². The Morgan fingerprint density at radius 3 is 2.27 bits per heavy atom. The van der Waals surface area contributed by atoms with Crippen LogP contribution in [0.1, 0.15) is 46.1 Å². The number of carbonyl (C=O) groups is 4. The fourth-order valence-corrected chi connectivity index (χ4v) is 2.33. The molecule has 0 aromatic heterocycles. The van der Waals surface area contributed by atoms with Crippen LogP contribution in [0.2, 0.25) is 0 Å². The summed E-state index contributed by atoms with van der Waals surface area (Å²) < 4.78 is 15.1. The minimum Gasteiger partial charge on any atom is -0.465 e. The molecule has 2 amide bonds. The zero-order chi connectivity index (χ0) is 22.6. The first-order valence-electron chi connectivity index (χ1n) is 9.73. The number of rotatable bonds is 10. The van der Waals surface area contributed by atoms with Crippen LogP contribution in [-0.4, -0.2) is 48.7 Å². The lowest BCUT2D eigenvalue weighted by Crippen LogP contribution is -2.48. The van der Waals surface area contributed by atoms with Crippen LogP contribution in [0.3, 0.4) is 0 Å². The normalized spacial score (nSPS) is 11.7. The van der Waals surface area contributed by atoms with Gasteiger partial charge in [-0.1, -0.05) is 30.3 Å². The summed E-state index contributed by atoms with van der Waals surface area (Å²) in [6.07, 6.45) is -0.947. The average Bonchev–Trinajstić information content (AvgIpc) is 2.67. The Balaban J connectivity index is 2.65. The molecule has 1 unspecified atom stereocenters. The number of hydrogen-bond donors (Lipinski definition) is 2. The average molecular weight is 422 g/mol. The second-order valence-electron chi connectivity index (χ2n) is 7.41. The van der Waals surface area contributed by atoms with Crippen LogP contribution < -0.4 is 10.6 Å². The number of nitrogens with one attached hydrogen (secondary N) is 2. The summed E-state index contributed by atoms with van der Waals surface area (Å²) in [6.45, 7) is 6.69. The molecule has 0 aliphatic carbocycles. The van der Waals surface area contributed by atoms with E-state index in [9.17, 15) is 19.2 Å². The maximum absolute atomic E-state index is 12.4. The van der Waals surface area contributed by atoms with Gasteiger partial charge in [-0.25, -0.2) is 4.79 Å². The van der Waals surface area contributed by atoms with Crippen molar-refractivity contribution in [1.82, 2.24) is 10.6 Å². The summed E-state index contributed by atoms with van der Waals surface area (Å²) in [5.41, 5.74) is 0.116. The predicted molar refractivity (Wildman–Crippen MR) is 108 cm³/mol. The van der Waals surface area contributed by atoms with Crippen molar-refractivity contribution in [3.05, 3.63) is 35.9 Å².